The SMILES string of the molecule is O=C(NC1CCS(=O)CC1)c1ccc2ccccc2c1O. The average Bonchev–Trinajstić information content (AvgIpc) is 2.50. The number of hydrogen-bond acceptors (Lipinski definition) is 3. The molecule has 0 aliphatic carbocycles. The summed E-state index contributed by atoms with van der Waals surface area (Å²) in [6.07, 6.45) is 1.46. The lowest BCUT2D eigenvalue weighted by Gasteiger charge is -2.22. The first kappa shape index (κ1) is 14.1. The van der Waals surface area contributed by atoms with Crippen LogP contribution in [0.2, 0.25) is 0 Å². The van der Waals surface area contributed by atoms with E-state index in [0.29, 0.717) is 22.5 Å². The predicted octanol–water partition coefficient (Wildman–Crippen LogP) is 2.19. The van der Waals surface area contributed by atoms with E-state index in [2.05, 4.69) is 5.32 Å². The predicted molar refractivity (Wildman–Crippen MR) is 84.0 cm³/mol. The van der Waals surface area contributed by atoms with Crippen molar-refractivity contribution >= 4 is 27.5 Å². The van der Waals surface area contributed by atoms with Crippen LogP contribution >= 0.6 is 0 Å². The molecule has 0 unspecified atom stereocenters. The quantitative estimate of drug-likeness (QED) is 0.893. The van der Waals surface area contributed by atoms with E-state index in [0.717, 1.165) is 18.2 Å². The Morgan fingerprint density at radius 1 is 1.14 bits per heavy atom. The van der Waals surface area contributed by atoms with Gasteiger partial charge in [0.25, 0.3) is 5.91 Å². The fraction of sp³-hybridized carbons (Fsp3) is 0.312. The van der Waals surface area contributed by atoms with Gasteiger partial charge in [0.1, 0.15) is 5.75 Å². The third-order valence-corrected chi connectivity index (χ3v) is 5.25. The topological polar surface area (TPSA) is 66.4 Å². The molecule has 21 heavy (non-hydrogen) atoms. The van der Waals surface area contributed by atoms with Crippen LogP contribution in [0, 0.1) is 0 Å². The highest BCUT2D eigenvalue weighted by molar-refractivity contribution is 7.85. The molecule has 0 radical (unpaired) electrons. The molecule has 0 saturated carbocycles. The van der Waals surface area contributed by atoms with E-state index >= 15 is 0 Å². The number of benzene rings is 2. The summed E-state index contributed by atoms with van der Waals surface area (Å²) in [6, 6.07) is 10.9. The molecule has 110 valence electrons. The van der Waals surface area contributed by atoms with E-state index in [4.69, 9.17) is 0 Å². The maximum Gasteiger partial charge on any atom is 0.255 e. The van der Waals surface area contributed by atoms with Crippen LogP contribution in [0.3, 0.4) is 0 Å². The molecule has 1 fully saturated rings. The zero-order valence-electron chi connectivity index (χ0n) is 11.5. The molecule has 4 nitrogen and oxygen atoms in total. The van der Waals surface area contributed by atoms with Gasteiger partial charge in [0.05, 0.1) is 5.56 Å². The minimum absolute atomic E-state index is 0.0185. The standard InChI is InChI=1S/C16H17NO3S/c18-15-13-4-2-1-3-11(13)5-6-14(15)16(19)17-12-7-9-21(20)10-8-12/h1-6,12,18H,7-10H2,(H,17,19). The van der Waals surface area contributed by atoms with Gasteiger partial charge >= 0.3 is 0 Å². The Balaban J connectivity index is 1.81. The molecule has 2 N–H and O–H groups in total. The van der Waals surface area contributed by atoms with Crippen LogP contribution in [0.5, 0.6) is 5.75 Å². The Labute approximate surface area is 125 Å². The summed E-state index contributed by atoms with van der Waals surface area (Å²) in [5, 5.41) is 14.8. The molecule has 1 amide bonds. The smallest absolute Gasteiger partial charge is 0.255 e. The Morgan fingerprint density at radius 2 is 1.86 bits per heavy atom. The Bertz CT molecular complexity index is 704. The van der Waals surface area contributed by atoms with E-state index in [1.807, 2.05) is 24.3 Å². The van der Waals surface area contributed by atoms with E-state index in [-0.39, 0.29) is 17.7 Å². The molecule has 1 heterocycles. The zero-order valence-corrected chi connectivity index (χ0v) is 12.4. The Morgan fingerprint density at radius 3 is 2.62 bits per heavy atom. The molecule has 1 aliphatic rings. The van der Waals surface area contributed by atoms with Crippen molar-refractivity contribution in [2.24, 2.45) is 0 Å². The lowest BCUT2D eigenvalue weighted by atomic mass is 10.0. The fourth-order valence-corrected chi connectivity index (χ4v) is 3.94. The van der Waals surface area contributed by atoms with Gasteiger partial charge in [0, 0.05) is 33.7 Å². The van der Waals surface area contributed by atoms with Crippen LogP contribution in [0.1, 0.15) is 23.2 Å². The highest BCUT2D eigenvalue weighted by atomic mass is 32.2. The molecule has 1 saturated heterocycles. The van der Waals surface area contributed by atoms with Crippen LogP contribution in [0.4, 0.5) is 0 Å². The van der Waals surface area contributed by atoms with Crippen molar-refractivity contribution in [1.29, 1.82) is 0 Å². The number of aromatic hydroxyl groups is 1. The highest BCUT2D eigenvalue weighted by Gasteiger charge is 2.21. The number of rotatable bonds is 2. The lowest BCUT2D eigenvalue weighted by molar-refractivity contribution is 0.0932. The molecular formula is C16H17NO3S. The van der Waals surface area contributed by atoms with E-state index in [1.165, 1.54) is 0 Å². The van der Waals surface area contributed by atoms with Crippen molar-refractivity contribution < 1.29 is 14.1 Å². The fourth-order valence-electron chi connectivity index (χ4n) is 2.64. The summed E-state index contributed by atoms with van der Waals surface area (Å²) in [4.78, 5) is 12.3. The molecule has 0 spiro atoms. The largest absolute Gasteiger partial charge is 0.506 e. The summed E-state index contributed by atoms with van der Waals surface area (Å²) in [5.74, 6) is 1.02. The van der Waals surface area contributed by atoms with E-state index < -0.39 is 10.8 Å². The highest BCUT2D eigenvalue weighted by Crippen LogP contribution is 2.28. The number of amides is 1. The number of fused-ring (bicyclic) bond motifs is 1. The molecular weight excluding hydrogens is 286 g/mol. The summed E-state index contributed by atoms with van der Waals surface area (Å²) in [7, 11) is -0.744. The summed E-state index contributed by atoms with van der Waals surface area (Å²) < 4.78 is 11.3. The van der Waals surface area contributed by atoms with Crippen molar-refractivity contribution in [2.45, 2.75) is 18.9 Å². The third-order valence-electron chi connectivity index (χ3n) is 3.87. The van der Waals surface area contributed by atoms with Crippen LogP contribution in [0.15, 0.2) is 36.4 Å². The first-order valence-electron chi connectivity index (χ1n) is 7.01. The second-order valence-electron chi connectivity index (χ2n) is 5.28. The third kappa shape index (κ3) is 2.93. The molecule has 3 rings (SSSR count). The number of carbonyl (C=O) groups is 1. The second kappa shape index (κ2) is 5.85. The molecule has 0 atom stereocenters. The van der Waals surface area contributed by atoms with Gasteiger partial charge in [0.2, 0.25) is 0 Å². The zero-order chi connectivity index (χ0) is 14.8. The van der Waals surface area contributed by atoms with E-state index in [1.54, 1.807) is 12.1 Å². The lowest BCUT2D eigenvalue weighted by Crippen LogP contribution is -2.39. The monoisotopic (exact) mass is 303 g/mol. The van der Waals surface area contributed by atoms with E-state index in [9.17, 15) is 14.1 Å². The number of phenolic OH excluding ortho intramolecular Hbond substituents is 1. The van der Waals surface area contributed by atoms with Gasteiger partial charge in [-0.2, -0.15) is 0 Å². The maximum absolute atomic E-state index is 12.3. The van der Waals surface area contributed by atoms with Crippen molar-refractivity contribution in [3.8, 4) is 5.75 Å². The summed E-state index contributed by atoms with van der Waals surface area (Å²) >= 11 is 0. The van der Waals surface area contributed by atoms with Crippen molar-refractivity contribution in [3.05, 3.63) is 42.0 Å². The number of hydrogen-bond donors (Lipinski definition) is 2. The van der Waals surface area contributed by atoms with Crippen molar-refractivity contribution in [3.63, 3.8) is 0 Å². The average molecular weight is 303 g/mol. The normalized spacial score (nSPS) is 22.1. The number of nitrogens with one attached hydrogen (secondary N) is 1. The number of phenols is 1. The molecule has 2 aromatic carbocycles. The van der Waals surface area contributed by atoms with Crippen molar-refractivity contribution in [2.75, 3.05) is 11.5 Å². The van der Waals surface area contributed by atoms with Crippen molar-refractivity contribution in [1.82, 2.24) is 5.32 Å². The van der Waals surface area contributed by atoms with Gasteiger partial charge < -0.3 is 10.4 Å². The summed E-state index contributed by atoms with van der Waals surface area (Å²) in [5.41, 5.74) is 0.292. The minimum atomic E-state index is -0.744. The van der Waals surface area contributed by atoms with Crippen LogP contribution in [0.25, 0.3) is 10.8 Å². The minimum Gasteiger partial charge on any atom is -0.506 e. The van der Waals surface area contributed by atoms with Gasteiger partial charge in [-0.1, -0.05) is 30.3 Å². The number of carbonyl (C=O) groups excluding carboxylic acids is 1. The molecule has 5 heteroatoms. The van der Waals surface area contributed by atoms with Gasteiger partial charge in [-0.15, -0.1) is 0 Å². The molecule has 1 aliphatic heterocycles. The second-order valence-corrected chi connectivity index (χ2v) is 6.97. The first-order valence-corrected chi connectivity index (χ1v) is 8.50. The maximum atomic E-state index is 12.3. The Hall–Kier alpha value is -1.88. The Kier molecular flexibility index (Phi) is 3.92. The van der Waals surface area contributed by atoms with Gasteiger partial charge in [-0.25, -0.2) is 0 Å². The van der Waals surface area contributed by atoms with Gasteiger partial charge in [-0.3, -0.25) is 9.00 Å². The first-order chi connectivity index (χ1) is 10.1. The van der Waals surface area contributed by atoms with Gasteiger partial charge in [0.15, 0.2) is 0 Å². The molecule has 0 bridgehead atoms. The van der Waals surface area contributed by atoms with Crippen LogP contribution < -0.4 is 5.32 Å². The van der Waals surface area contributed by atoms with Gasteiger partial charge in [-0.05, 0) is 24.3 Å². The van der Waals surface area contributed by atoms with Crippen LogP contribution in [-0.2, 0) is 10.8 Å². The molecule has 2 aromatic rings. The molecule has 0 aromatic heterocycles. The van der Waals surface area contributed by atoms with Crippen LogP contribution in [-0.4, -0.2) is 32.8 Å². The summed E-state index contributed by atoms with van der Waals surface area (Å²) in [6.45, 7) is 0.